The van der Waals surface area contributed by atoms with E-state index in [1.54, 1.807) is 0 Å². The average Bonchev–Trinajstić information content (AvgIpc) is 3.22. The second-order valence-corrected chi connectivity index (χ2v) is 18.7. The summed E-state index contributed by atoms with van der Waals surface area (Å²) in [6.45, 7) is 7.56. The number of para-hydroxylation sites is 1. The van der Waals surface area contributed by atoms with Crippen molar-refractivity contribution in [1.29, 1.82) is 0 Å². The van der Waals surface area contributed by atoms with Gasteiger partial charge in [-0.2, -0.15) is 0 Å². The summed E-state index contributed by atoms with van der Waals surface area (Å²) in [5.74, 6) is 1.49. The smallest absolute Gasteiger partial charge is 0.370 e. The van der Waals surface area contributed by atoms with Crippen LogP contribution < -0.4 is 14.9 Å². The minimum Gasteiger partial charge on any atom is -0.389 e. The molecule has 1 saturated carbocycles. The fourth-order valence-electron chi connectivity index (χ4n) is 8.92. The van der Waals surface area contributed by atoms with Crippen molar-refractivity contribution >= 4 is 30.4 Å². The van der Waals surface area contributed by atoms with Crippen LogP contribution in [-0.2, 0) is 11.0 Å². The van der Waals surface area contributed by atoms with Crippen LogP contribution in [0.5, 0.6) is 0 Å². The van der Waals surface area contributed by atoms with Crippen LogP contribution in [0.25, 0.3) is 11.1 Å². The summed E-state index contributed by atoms with van der Waals surface area (Å²) in [7, 11) is -3.48. The Hall–Kier alpha value is -5.23. The SMILES string of the molecule is CC(C)[C@@H]1CC[C@@H](C)C[C@H]1O[Si](c1ccccc1)(c1ccccc1)N1c2ccccc2C(=O)N(Cc2ccccc2)C1c1ccc(-c2ccccc2)cc1. The minimum absolute atomic E-state index is 0.0261. The summed E-state index contributed by atoms with van der Waals surface area (Å²) in [5, 5.41) is 2.35. The first kappa shape index (κ1) is 35.8. The Labute approximate surface area is 322 Å². The van der Waals surface area contributed by atoms with Crippen molar-refractivity contribution in [2.75, 3.05) is 4.57 Å². The summed E-state index contributed by atoms with van der Waals surface area (Å²) in [6.07, 6.45) is 2.97. The van der Waals surface area contributed by atoms with Crippen LogP contribution >= 0.6 is 0 Å². The van der Waals surface area contributed by atoms with Gasteiger partial charge in [0.25, 0.3) is 5.91 Å². The molecule has 2 aliphatic rings. The third kappa shape index (κ3) is 6.83. The molecule has 1 unspecified atom stereocenters. The Morgan fingerprint density at radius 1 is 0.648 bits per heavy atom. The van der Waals surface area contributed by atoms with Crippen molar-refractivity contribution in [1.82, 2.24) is 4.90 Å². The zero-order valence-corrected chi connectivity index (χ0v) is 32.6. The van der Waals surface area contributed by atoms with E-state index in [0.29, 0.717) is 29.9 Å². The highest BCUT2D eigenvalue weighted by Gasteiger charge is 2.56. The van der Waals surface area contributed by atoms with Gasteiger partial charge in [0.15, 0.2) is 0 Å². The van der Waals surface area contributed by atoms with Gasteiger partial charge in [0.1, 0.15) is 6.17 Å². The molecule has 1 amide bonds. The molecule has 4 atom stereocenters. The van der Waals surface area contributed by atoms with Gasteiger partial charge in [0.2, 0.25) is 0 Å². The van der Waals surface area contributed by atoms with Crippen LogP contribution in [0.2, 0.25) is 0 Å². The predicted octanol–water partition coefficient (Wildman–Crippen LogP) is 10.2. The van der Waals surface area contributed by atoms with Gasteiger partial charge >= 0.3 is 8.48 Å². The molecule has 0 radical (unpaired) electrons. The maximum Gasteiger partial charge on any atom is 0.370 e. The zero-order chi connectivity index (χ0) is 37.1. The number of carbonyl (C=O) groups excluding carboxylic acids is 1. The Bertz CT molecular complexity index is 2100. The van der Waals surface area contributed by atoms with Crippen molar-refractivity contribution in [2.24, 2.45) is 17.8 Å². The van der Waals surface area contributed by atoms with E-state index in [1.807, 2.05) is 18.2 Å². The molecule has 1 heterocycles. The Morgan fingerprint density at radius 3 is 1.80 bits per heavy atom. The van der Waals surface area contributed by atoms with Gasteiger partial charge in [0.05, 0.1) is 11.7 Å². The summed E-state index contributed by atoms with van der Waals surface area (Å²) in [5.41, 5.74) is 6.08. The lowest BCUT2D eigenvalue weighted by Crippen LogP contribution is -2.77. The Kier molecular flexibility index (Phi) is 10.4. The molecule has 1 fully saturated rings. The molecule has 6 aromatic carbocycles. The van der Waals surface area contributed by atoms with Crippen molar-refractivity contribution in [3.8, 4) is 11.1 Å². The van der Waals surface area contributed by atoms with Gasteiger partial charge in [-0.3, -0.25) is 4.79 Å². The lowest BCUT2D eigenvalue weighted by Gasteiger charge is -2.55. The first-order valence-electron chi connectivity index (χ1n) is 19.6. The van der Waals surface area contributed by atoms with Crippen LogP contribution in [0.15, 0.2) is 170 Å². The molecule has 0 bridgehead atoms. The number of benzene rings is 6. The predicted molar refractivity (Wildman–Crippen MR) is 224 cm³/mol. The first-order valence-corrected chi connectivity index (χ1v) is 21.5. The average molecular weight is 727 g/mol. The monoisotopic (exact) mass is 726 g/mol. The summed E-state index contributed by atoms with van der Waals surface area (Å²) in [4.78, 5) is 17.2. The molecule has 54 heavy (non-hydrogen) atoms. The van der Waals surface area contributed by atoms with E-state index in [-0.39, 0.29) is 12.0 Å². The van der Waals surface area contributed by atoms with Crippen LogP contribution in [0.1, 0.15) is 67.7 Å². The van der Waals surface area contributed by atoms with E-state index in [9.17, 15) is 0 Å². The van der Waals surface area contributed by atoms with Crippen molar-refractivity contribution in [2.45, 2.75) is 58.8 Å². The van der Waals surface area contributed by atoms with E-state index in [1.165, 1.54) is 22.4 Å². The maximum absolute atomic E-state index is 15.1. The summed E-state index contributed by atoms with van der Waals surface area (Å²) in [6, 6.07) is 59.9. The highest BCUT2D eigenvalue weighted by atomic mass is 28.4. The Balaban J connectivity index is 1.42. The van der Waals surface area contributed by atoms with Crippen LogP contribution in [0.4, 0.5) is 5.69 Å². The molecule has 8 rings (SSSR count). The first-order chi connectivity index (χ1) is 26.4. The van der Waals surface area contributed by atoms with E-state index < -0.39 is 14.6 Å². The maximum atomic E-state index is 15.1. The lowest BCUT2D eigenvalue weighted by atomic mass is 9.75. The molecular formula is C49H50N2O2Si. The van der Waals surface area contributed by atoms with E-state index >= 15 is 4.79 Å². The summed E-state index contributed by atoms with van der Waals surface area (Å²) >= 11 is 0. The van der Waals surface area contributed by atoms with E-state index in [4.69, 9.17) is 4.43 Å². The number of carbonyl (C=O) groups is 1. The lowest BCUT2D eigenvalue weighted by molar-refractivity contribution is 0.0384. The van der Waals surface area contributed by atoms with Crippen LogP contribution in [-0.4, -0.2) is 25.4 Å². The van der Waals surface area contributed by atoms with Gasteiger partial charge in [-0.05, 0) is 75.4 Å². The molecule has 5 heteroatoms. The van der Waals surface area contributed by atoms with Crippen molar-refractivity contribution in [3.63, 3.8) is 0 Å². The largest absolute Gasteiger partial charge is 0.389 e. The second-order valence-electron chi connectivity index (χ2n) is 15.5. The third-order valence-corrected chi connectivity index (χ3v) is 15.7. The van der Waals surface area contributed by atoms with Gasteiger partial charge in [-0.25, -0.2) is 0 Å². The van der Waals surface area contributed by atoms with Crippen LogP contribution in [0, 0.1) is 17.8 Å². The molecule has 4 nitrogen and oxygen atoms in total. The molecule has 1 aliphatic carbocycles. The highest BCUT2D eigenvalue weighted by Crippen LogP contribution is 2.45. The van der Waals surface area contributed by atoms with Gasteiger partial charge in [0, 0.05) is 12.2 Å². The van der Waals surface area contributed by atoms with Gasteiger partial charge in [-0.15, -0.1) is 0 Å². The number of nitrogens with zero attached hydrogens (tertiary/aromatic N) is 2. The number of fused-ring (bicyclic) bond motifs is 1. The van der Waals surface area contributed by atoms with Crippen LogP contribution in [0.3, 0.4) is 0 Å². The van der Waals surface area contributed by atoms with Crippen molar-refractivity contribution < 1.29 is 9.22 Å². The van der Waals surface area contributed by atoms with Gasteiger partial charge in [-0.1, -0.05) is 185 Å². The minimum atomic E-state index is -3.48. The van der Waals surface area contributed by atoms with Crippen molar-refractivity contribution in [3.05, 3.63) is 187 Å². The van der Waals surface area contributed by atoms with E-state index in [2.05, 4.69) is 182 Å². The molecule has 6 aromatic rings. The molecule has 0 N–H and O–H groups in total. The molecule has 0 saturated heterocycles. The van der Waals surface area contributed by atoms with E-state index in [0.717, 1.165) is 35.2 Å². The topological polar surface area (TPSA) is 32.8 Å². The number of hydrogen-bond donors (Lipinski definition) is 0. The molecular weight excluding hydrogens is 677 g/mol. The number of anilines is 1. The standard InChI is InChI=1S/C49H50N2O2Si/c1-36(2)44-33-28-37(3)34-47(44)53-54(42-22-12-6-13-23-42,43-24-14-7-15-25-43)51-46-27-17-16-26-45(46)49(52)50(35-38-18-8-4-9-19-38)48(51)41-31-29-40(30-32-41)39-20-10-5-11-21-39/h4-27,29-32,36-37,44,47-48H,28,33-35H2,1-3H3/t37-,44+,47-,48?/m1/s1. The summed E-state index contributed by atoms with van der Waals surface area (Å²) < 4.78 is 10.8. The Morgan fingerprint density at radius 2 is 1.19 bits per heavy atom. The zero-order valence-electron chi connectivity index (χ0n) is 31.6. The molecule has 0 spiro atoms. The quantitative estimate of drug-likeness (QED) is 0.132. The number of rotatable bonds is 10. The molecule has 272 valence electrons. The fourth-order valence-corrected chi connectivity index (χ4v) is 13.4. The molecule has 0 aromatic heterocycles. The third-order valence-electron chi connectivity index (χ3n) is 11.7. The highest BCUT2D eigenvalue weighted by molar-refractivity contribution is 7.00. The molecule has 1 aliphatic heterocycles. The normalized spacial score (nSPS) is 20.2. The second kappa shape index (κ2) is 15.6. The van der Waals surface area contributed by atoms with Gasteiger partial charge < -0.3 is 13.9 Å². The number of amides is 1. The number of hydrogen-bond acceptors (Lipinski definition) is 3. The fraction of sp³-hybridized carbons (Fsp3) is 0.245.